The second-order valence-electron chi connectivity index (χ2n) is 9.57. The molecule has 0 saturated carbocycles. The van der Waals surface area contributed by atoms with Crippen LogP contribution in [0, 0.1) is 5.92 Å². The van der Waals surface area contributed by atoms with Crippen molar-refractivity contribution < 1.29 is 22.5 Å². The summed E-state index contributed by atoms with van der Waals surface area (Å²) in [5.74, 6) is 0.744. The molecule has 2 fully saturated rings. The van der Waals surface area contributed by atoms with Gasteiger partial charge in [0.25, 0.3) is 0 Å². The third-order valence-corrected chi connectivity index (χ3v) is 7.53. The minimum Gasteiger partial charge on any atom is -0.368 e. The maximum atomic E-state index is 13.3. The molecule has 2 aliphatic rings. The average molecular weight is 568 g/mol. The summed E-state index contributed by atoms with van der Waals surface area (Å²) in [4.78, 5) is 23.6. The van der Waals surface area contributed by atoms with E-state index in [2.05, 4.69) is 15.0 Å². The van der Waals surface area contributed by atoms with Gasteiger partial charge in [0.1, 0.15) is 0 Å². The predicted molar refractivity (Wildman–Crippen MR) is 138 cm³/mol. The Morgan fingerprint density at radius 3 is 2.58 bits per heavy atom. The molecule has 12 heteroatoms. The Balaban J connectivity index is 1.16. The van der Waals surface area contributed by atoms with Crippen molar-refractivity contribution in [2.45, 2.75) is 25.6 Å². The fraction of sp³-hybridized carbons (Fsp3) is 0.423. The Kier molecular flexibility index (Phi) is 7.83. The second-order valence-corrected chi connectivity index (χ2v) is 10.4. The molecule has 38 heavy (non-hydrogen) atoms. The van der Waals surface area contributed by atoms with Crippen molar-refractivity contribution in [3.8, 4) is 11.4 Å². The average Bonchev–Trinajstić information content (AvgIpc) is 3.36. The van der Waals surface area contributed by atoms with Crippen molar-refractivity contribution >= 4 is 34.8 Å². The molecular formula is C26H26Cl2F3N5O2. The zero-order valence-corrected chi connectivity index (χ0v) is 21.9. The molecule has 1 unspecified atom stereocenters. The maximum Gasteiger partial charge on any atom is 0.416 e. The van der Waals surface area contributed by atoms with E-state index >= 15 is 0 Å². The van der Waals surface area contributed by atoms with Crippen LogP contribution in [0.1, 0.15) is 24.3 Å². The number of carbonyl (C=O) groups is 1. The molecule has 1 aromatic heterocycles. The normalized spacial score (nSPS) is 19.1. The van der Waals surface area contributed by atoms with E-state index in [0.717, 1.165) is 25.5 Å². The Labute approximate surface area is 228 Å². The number of benzene rings is 2. The minimum atomic E-state index is -4.38. The van der Waals surface area contributed by atoms with E-state index in [0.29, 0.717) is 72.3 Å². The number of anilines is 1. The number of hydrogen-bond acceptors (Lipinski definition) is 6. The molecule has 202 valence electrons. The molecule has 2 saturated heterocycles. The number of piperidine rings is 1. The molecule has 2 aromatic carbocycles. The highest BCUT2D eigenvalue weighted by Crippen LogP contribution is 2.32. The van der Waals surface area contributed by atoms with Crippen LogP contribution < -0.4 is 4.90 Å². The van der Waals surface area contributed by atoms with Crippen LogP contribution in [0.3, 0.4) is 0 Å². The van der Waals surface area contributed by atoms with Crippen LogP contribution in [0.25, 0.3) is 11.4 Å². The minimum absolute atomic E-state index is 0.0811. The lowest BCUT2D eigenvalue weighted by Crippen LogP contribution is -2.52. The zero-order chi connectivity index (χ0) is 26.9. The summed E-state index contributed by atoms with van der Waals surface area (Å²) < 4.78 is 44.7. The SMILES string of the molecule is O=C(C1CCCN(Cc2nc(-c3ccc(Cl)cc3Cl)no2)C1)N1CCN(c2cccc(C(F)(F)F)c2)CC1. The van der Waals surface area contributed by atoms with Crippen LogP contribution in [0.4, 0.5) is 18.9 Å². The molecule has 0 aliphatic carbocycles. The zero-order valence-electron chi connectivity index (χ0n) is 20.4. The molecule has 0 bridgehead atoms. The highest BCUT2D eigenvalue weighted by atomic mass is 35.5. The molecule has 5 rings (SSSR count). The Morgan fingerprint density at radius 1 is 1.05 bits per heavy atom. The van der Waals surface area contributed by atoms with Gasteiger partial charge in [-0.3, -0.25) is 9.69 Å². The summed E-state index contributed by atoms with van der Waals surface area (Å²) in [6, 6.07) is 10.4. The van der Waals surface area contributed by atoms with Crippen LogP contribution >= 0.6 is 23.2 Å². The van der Waals surface area contributed by atoms with E-state index in [1.807, 2.05) is 9.80 Å². The number of likely N-dealkylation sites (tertiary alicyclic amines) is 1. The van der Waals surface area contributed by atoms with E-state index in [1.54, 1.807) is 24.3 Å². The fourth-order valence-electron chi connectivity index (χ4n) is 5.01. The fourth-order valence-corrected chi connectivity index (χ4v) is 5.51. The number of carbonyl (C=O) groups excluding carboxylic acids is 1. The van der Waals surface area contributed by atoms with E-state index in [9.17, 15) is 18.0 Å². The molecule has 2 aliphatic heterocycles. The molecule has 7 nitrogen and oxygen atoms in total. The second kappa shape index (κ2) is 11.1. The first-order chi connectivity index (χ1) is 18.2. The number of nitrogens with zero attached hydrogens (tertiary/aromatic N) is 5. The van der Waals surface area contributed by atoms with Crippen LogP contribution in [0.2, 0.25) is 10.0 Å². The molecule has 0 radical (unpaired) electrons. The van der Waals surface area contributed by atoms with Crippen LogP contribution in [-0.4, -0.2) is 65.1 Å². The lowest BCUT2D eigenvalue weighted by atomic mass is 9.96. The first-order valence-electron chi connectivity index (χ1n) is 12.4. The van der Waals surface area contributed by atoms with E-state index < -0.39 is 11.7 Å². The number of rotatable bonds is 5. The lowest BCUT2D eigenvalue weighted by Gasteiger charge is -2.39. The van der Waals surface area contributed by atoms with Gasteiger partial charge < -0.3 is 14.3 Å². The van der Waals surface area contributed by atoms with Crippen molar-refractivity contribution in [3.63, 3.8) is 0 Å². The number of alkyl halides is 3. The van der Waals surface area contributed by atoms with Gasteiger partial charge in [-0.1, -0.05) is 34.4 Å². The number of piperazine rings is 1. The van der Waals surface area contributed by atoms with Crippen molar-refractivity contribution in [3.05, 3.63) is 64.0 Å². The molecule has 3 aromatic rings. The van der Waals surface area contributed by atoms with Crippen LogP contribution in [-0.2, 0) is 17.5 Å². The van der Waals surface area contributed by atoms with Gasteiger partial charge in [-0.2, -0.15) is 18.2 Å². The first kappa shape index (κ1) is 26.8. The molecule has 0 spiro atoms. The van der Waals surface area contributed by atoms with Crippen molar-refractivity contribution in [1.82, 2.24) is 19.9 Å². The van der Waals surface area contributed by atoms with Crippen LogP contribution in [0.15, 0.2) is 47.0 Å². The van der Waals surface area contributed by atoms with Crippen molar-refractivity contribution in [2.24, 2.45) is 5.92 Å². The summed E-state index contributed by atoms with van der Waals surface area (Å²) >= 11 is 12.2. The van der Waals surface area contributed by atoms with E-state index in [4.69, 9.17) is 27.7 Å². The molecule has 1 amide bonds. The summed E-state index contributed by atoms with van der Waals surface area (Å²) in [5, 5.41) is 4.99. The number of amides is 1. The summed E-state index contributed by atoms with van der Waals surface area (Å²) in [6.07, 6.45) is -2.73. The quantitative estimate of drug-likeness (QED) is 0.398. The van der Waals surface area contributed by atoms with Gasteiger partial charge in [-0.25, -0.2) is 0 Å². The molecular weight excluding hydrogens is 542 g/mol. The summed E-state index contributed by atoms with van der Waals surface area (Å²) in [6.45, 7) is 3.73. The topological polar surface area (TPSA) is 65.7 Å². The highest BCUT2D eigenvalue weighted by Gasteiger charge is 2.33. The number of hydrogen-bond donors (Lipinski definition) is 0. The monoisotopic (exact) mass is 567 g/mol. The highest BCUT2D eigenvalue weighted by molar-refractivity contribution is 6.36. The van der Waals surface area contributed by atoms with Gasteiger partial charge in [-0.15, -0.1) is 0 Å². The van der Waals surface area contributed by atoms with Gasteiger partial charge in [0, 0.05) is 49.0 Å². The smallest absolute Gasteiger partial charge is 0.368 e. The van der Waals surface area contributed by atoms with E-state index in [-0.39, 0.29) is 11.8 Å². The first-order valence-corrected chi connectivity index (χ1v) is 13.1. The van der Waals surface area contributed by atoms with Gasteiger partial charge in [0.05, 0.1) is 23.0 Å². The largest absolute Gasteiger partial charge is 0.416 e. The third kappa shape index (κ3) is 6.08. The summed E-state index contributed by atoms with van der Waals surface area (Å²) in [5.41, 5.74) is 0.483. The predicted octanol–water partition coefficient (Wildman–Crippen LogP) is 5.62. The standard InChI is InChI=1S/C26H26Cl2F3N5O2/c27-19-6-7-21(22(28)14-19)24-32-23(38-33-24)16-34-8-2-3-17(15-34)25(37)36-11-9-35(10-12-36)20-5-1-4-18(13-20)26(29,30)31/h1,4-7,13-14,17H,2-3,8-12,15-16H2. The van der Waals surface area contributed by atoms with E-state index in [1.165, 1.54) is 12.1 Å². The Bertz CT molecular complexity index is 1290. The van der Waals surface area contributed by atoms with Gasteiger partial charge in [-0.05, 0) is 55.8 Å². The molecule has 1 atom stereocenters. The van der Waals surface area contributed by atoms with Gasteiger partial charge in [0.15, 0.2) is 0 Å². The lowest BCUT2D eigenvalue weighted by molar-refractivity contribution is -0.138. The molecule has 3 heterocycles. The third-order valence-electron chi connectivity index (χ3n) is 6.98. The number of halogens is 5. The number of aromatic nitrogens is 2. The van der Waals surface area contributed by atoms with Gasteiger partial charge >= 0.3 is 6.18 Å². The Morgan fingerprint density at radius 2 is 1.84 bits per heavy atom. The molecule has 0 N–H and O–H groups in total. The van der Waals surface area contributed by atoms with Crippen molar-refractivity contribution in [2.75, 3.05) is 44.2 Å². The summed E-state index contributed by atoms with van der Waals surface area (Å²) in [7, 11) is 0. The maximum absolute atomic E-state index is 13.3. The Hall–Kier alpha value is -2.82. The van der Waals surface area contributed by atoms with Crippen molar-refractivity contribution in [1.29, 1.82) is 0 Å². The van der Waals surface area contributed by atoms with Gasteiger partial charge in [0.2, 0.25) is 17.6 Å². The van der Waals surface area contributed by atoms with Crippen LogP contribution in [0.5, 0.6) is 0 Å².